The molecule has 1 aliphatic rings. The van der Waals surface area contributed by atoms with Gasteiger partial charge in [0.15, 0.2) is 11.5 Å². The highest BCUT2D eigenvalue weighted by Gasteiger charge is 2.39. The Hall–Kier alpha value is -3.39. The molecule has 8 heteroatoms. The molecule has 1 saturated heterocycles. The lowest BCUT2D eigenvalue weighted by Gasteiger charge is -2.16. The third-order valence-corrected chi connectivity index (χ3v) is 4.84. The van der Waals surface area contributed by atoms with E-state index in [4.69, 9.17) is 9.47 Å². The Morgan fingerprint density at radius 3 is 2.40 bits per heavy atom. The fourth-order valence-electron chi connectivity index (χ4n) is 3.39. The number of imide groups is 1. The summed E-state index contributed by atoms with van der Waals surface area (Å²) in [6.45, 7) is 1.95. The van der Waals surface area contributed by atoms with E-state index in [0.717, 1.165) is 5.56 Å². The molecule has 1 fully saturated rings. The van der Waals surface area contributed by atoms with Crippen molar-refractivity contribution in [1.29, 1.82) is 0 Å². The van der Waals surface area contributed by atoms with Crippen LogP contribution in [0.5, 0.6) is 11.5 Å². The summed E-state index contributed by atoms with van der Waals surface area (Å²) in [5.74, 6) is 0.590. The van der Waals surface area contributed by atoms with Crippen LogP contribution in [0.3, 0.4) is 0 Å². The highest BCUT2D eigenvalue weighted by Crippen LogP contribution is 2.28. The summed E-state index contributed by atoms with van der Waals surface area (Å²) in [5.41, 5.74) is 2.13. The van der Waals surface area contributed by atoms with Crippen LogP contribution in [-0.4, -0.2) is 44.5 Å². The molecule has 0 bridgehead atoms. The highest BCUT2D eigenvalue weighted by molar-refractivity contribution is 6.22. The van der Waals surface area contributed by atoms with Crippen molar-refractivity contribution in [3.05, 3.63) is 48.0 Å². The van der Waals surface area contributed by atoms with E-state index in [1.165, 1.54) is 11.8 Å². The molecule has 3 amide bonds. The van der Waals surface area contributed by atoms with Crippen LogP contribution in [0.2, 0.25) is 0 Å². The van der Waals surface area contributed by atoms with E-state index < -0.39 is 6.04 Å². The Morgan fingerprint density at radius 2 is 1.77 bits per heavy atom. The Labute approximate surface area is 175 Å². The maximum absolute atomic E-state index is 12.7. The minimum atomic E-state index is -0.562. The summed E-state index contributed by atoms with van der Waals surface area (Å²) in [4.78, 5) is 37.5. The minimum absolute atomic E-state index is 0.109. The fourth-order valence-corrected chi connectivity index (χ4v) is 3.39. The van der Waals surface area contributed by atoms with Crippen LogP contribution in [0.25, 0.3) is 0 Å². The number of methoxy groups -OCH3 is 2. The van der Waals surface area contributed by atoms with Gasteiger partial charge in [-0.2, -0.15) is 0 Å². The van der Waals surface area contributed by atoms with Gasteiger partial charge < -0.3 is 20.1 Å². The molecule has 0 saturated carbocycles. The van der Waals surface area contributed by atoms with Crippen LogP contribution in [-0.2, 0) is 20.8 Å². The van der Waals surface area contributed by atoms with Gasteiger partial charge in [0, 0.05) is 12.6 Å². The number of nitrogens with zero attached hydrogens (tertiary/aromatic N) is 1. The van der Waals surface area contributed by atoms with Gasteiger partial charge in [-0.25, -0.2) is 4.90 Å². The standard InChI is InChI=1S/C22H25N3O5/c1-14(26)24-16-5-7-17(8-6-16)25-21(27)13-18(22(25)28)23-11-10-15-4-9-19(29-2)20(12-15)30-3/h4-9,12,18,23H,10-11,13H2,1-3H3,(H,24,26)/t18-/m0/s1. The number of benzene rings is 2. The lowest BCUT2D eigenvalue weighted by molar-refractivity contribution is -0.121. The molecule has 30 heavy (non-hydrogen) atoms. The van der Waals surface area contributed by atoms with Gasteiger partial charge in [0.05, 0.1) is 32.4 Å². The van der Waals surface area contributed by atoms with Gasteiger partial charge in [0.2, 0.25) is 11.8 Å². The quantitative estimate of drug-likeness (QED) is 0.646. The molecule has 0 aromatic heterocycles. The van der Waals surface area contributed by atoms with Gasteiger partial charge in [-0.05, 0) is 54.9 Å². The summed E-state index contributed by atoms with van der Waals surface area (Å²) < 4.78 is 10.5. The number of hydrogen-bond acceptors (Lipinski definition) is 6. The van der Waals surface area contributed by atoms with Crippen LogP contribution in [0.1, 0.15) is 18.9 Å². The molecular formula is C22H25N3O5. The number of nitrogens with one attached hydrogen (secondary N) is 2. The Kier molecular flexibility index (Phi) is 6.68. The number of rotatable bonds is 8. The van der Waals surface area contributed by atoms with Crippen molar-refractivity contribution in [2.45, 2.75) is 25.8 Å². The molecule has 0 spiro atoms. The zero-order chi connectivity index (χ0) is 21.7. The third-order valence-electron chi connectivity index (χ3n) is 4.84. The van der Waals surface area contributed by atoms with Crippen molar-refractivity contribution in [3.63, 3.8) is 0 Å². The van der Waals surface area contributed by atoms with Gasteiger partial charge in [0.25, 0.3) is 5.91 Å². The van der Waals surface area contributed by atoms with E-state index in [-0.39, 0.29) is 24.1 Å². The molecule has 1 atom stereocenters. The van der Waals surface area contributed by atoms with E-state index in [2.05, 4.69) is 10.6 Å². The second kappa shape index (κ2) is 9.41. The second-order valence-corrected chi connectivity index (χ2v) is 6.95. The predicted octanol–water partition coefficient (Wildman–Crippen LogP) is 2.13. The highest BCUT2D eigenvalue weighted by atomic mass is 16.5. The van der Waals surface area contributed by atoms with Crippen molar-refractivity contribution in [2.75, 3.05) is 31.0 Å². The number of carbonyl (C=O) groups excluding carboxylic acids is 3. The number of ether oxygens (including phenoxy) is 2. The monoisotopic (exact) mass is 411 g/mol. The first-order chi connectivity index (χ1) is 14.4. The van der Waals surface area contributed by atoms with Gasteiger partial charge in [-0.15, -0.1) is 0 Å². The molecule has 0 aliphatic carbocycles. The summed E-state index contributed by atoms with van der Waals surface area (Å²) in [6.07, 6.45) is 0.780. The summed E-state index contributed by atoms with van der Waals surface area (Å²) >= 11 is 0. The Balaban J connectivity index is 1.59. The third kappa shape index (κ3) is 4.77. The summed E-state index contributed by atoms with van der Waals surface area (Å²) in [5, 5.41) is 5.83. The van der Waals surface area contributed by atoms with Crippen molar-refractivity contribution in [3.8, 4) is 11.5 Å². The van der Waals surface area contributed by atoms with Crippen LogP contribution >= 0.6 is 0 Å². The number of anilines is 2. The summed E-state index contributed by atoms with van der Waals surface area (Å²) in [7, 11) is 3.17. The van der Waals surface area contributed by atoms with E-state index in [9.17, 15) is 14.4 Å². The van der Waals surface area contributed by atoms with Gasteiger partial charge in [-0.3, -0.25) is 14.4 Å². The zero-order valence-corrected chi connectivity index (χ0v) is 17.2. The smallest absolute Gasteiger partial charge is 0.251 e. The molecule has 0 unspecified atom stereocenters. The molecule has 2 aromatic rings. The first-order valence-corrected chi connectivity index (χ1v) is 9.61. The van der Waals surface area contributed by atoms with Crippen LogP contribution in [0, 0.1) is 0 Å². The van der Waals surface area contributed by atoms with Gasteiger partial charge >= 0.3 is 0 Å². The number of hydrogen-bond donors (Lipinski definition) is 2. The largest absolute Gasteiger partial charge is 0.493 e. The van der Waals surface area contributed by atoms with Crippen molar-refractivity contribution >= 4 is 29.1 Å². The van der Waals surface area contributed by atoms with Crippen molar-refractivity contribution in [1.82, 2.24) is 5.32 Å². The normalized spacial score (nSPS) is 16.0. The molecule has 2 N–H and O–H groups in total. The fraction of sp³-hybridized carbons (Fsp3) is 0.318. The Morgan fingerprint density at radius 1 is 1.07 bits per heavy atom. The molecular weight excluding hydrogens is 386 g/mol. The molecule has 0 radical (unpaired) electrons. The topological polar surface area (TPSA) is 97.0 Å². The summed E-state index contributed by atoms with van der Waals surface area (Å²) in [6, 6.07) is 11.7. The number of carbonyl (C=O) groups is 3. The lowest BCUT2D eigenvalue weighted by Crippen LogP contribution is -2.39. The first-order valence-electron chi connectivity index (χ1n) is 9.61. The number of amides is 3. The maximum atomic E-state index is 12.7. The average Bonchev–Trinajstić information content (AvgIpc) is 3.01. The van der Waals surface area contributed by atoms with Gasteiger partial charge in [0.1, 0.15) is 0 Å². The Bertz CT molecular complexity index is 942. The average molecular weight is 411 g/mol. The van der Waals surface area contributed by atoms with E-state index >= 15 is 0 Å². The lowest BCUT2D eigenvalue weighted by atomic mass is 10.1. The molecule has 1 aliphatic heterocycles. The second-order valence-electron chi connectivity index (χ2n) is 6.95. The molecule has 1 heterocycles. The van der Waals surface area contributed by atoms with E-state index in [0.29, 0.717) is 35.8 Å². The van der Waals surface area contributed by atoms with E-state index in [1.807, 2.05) is 18.2 Å². The molecule has 158 valence electrons. The SMILES string of the molecule is COc1ccc(CCN[C@H]2CC(=O)N(c3ccc(NC(C)=O)cc3)C2=O)cc1OC. The molecule has 2 aromatic carbocycles. The van der Waals surface area contributed by atoms with E-state index in [1.54, 1.807) is 38.5 Å². The molecule has 3 rings (SSSR count). The van der Waals surface area contributed by atoms with Crippen LogP contribution in [0.4, 0.5) is 11.4 Å². The predicted molar refractivity (Wildman–Crippen MR) is 113 cm³/mol. The van der Waals surface area contributed by atoms with Gasteiger partial charge in [-0.1, -0.05) is 6.07 Å². The van der Waals surface area contributed by atoms with Crippen LogP contribution in [0.15, 0.2) is 42.5 Å². The maximum Gasteiger partial charge on any atom is 0.251 e. The molecule has 8 nitrogen and oxygen atoms in total. The van der Waals surface area contributed by atoms with Crippen molar-refractivity contribution in [2.24, 2.45) is 0 Å². The first kappa shape index (κ1) is 21.3. The van der Waals surface area contributed by atoms with Crippen LogP contribution < -0.4 is 25.0 Å². The zero-order valence-electron chi connectivity index (χ0n) is 17.2. The van der Waals surface area contributed by atoms with Crippen molar-refractivity contribution < 1.29 is 23.9 Å². The minimum Gasteiger partial charge on any atom is -0.493 e.